The molecule has 0 aliphatic heterocycles. The predicted octanol–water partition coefficient (Wildman–Crippen LogP) is 2.33. The first-order chi connectivity index (χ1) is 9.22. The maximum Gasteiger partial charge on any atom is 0.221 e. The molecule has 1 aromatic heterocycles. The van der Waals surface area contributed by atoms with Crippen LogP contribution in [0.4, 0.5) is 5.82 Å². The molecule has 1 aromatic rings. The summed E-state index contributed by atoms with van der Waals surface area (Å²) >= 11 is 0. The zero-order valence-corrected chi connectivity index (χ0v) is 12.6. The molecule has 0 radical (unpaired) electrons. The van der Waals surface area contributed by atoms with E-state index in [9.17, 15) is 0 Å². The third-order valence-electron chi connectivity index (χ3n) is 3.03. The Morgan fingerprint density at radius 2 is 2.00 bits per heavy atom. The minimum absolute atomic E-state index is 0.622. The van der Waals surface area contributed by atoms with E-state index in [2.05, 4.69) is 34.0 Å². The molecule has 0 bridgehead atoms. The highest BCUT2D eigenvalue weighted by molar-refractivity contribution is 5.47. The van der Waals surface area contributed by atoms with Crippen molar-refractivity contribution in [2.24, 2.45) is 0 Å². The molecular weight excluding hydrogens is 240 g/mol. The highest BCUT2D eigenvalue weighted by Crippen LogP contribution is 2.19. The molecule has 1 N–H and O–H groups in total. The van der Waals surface area contributed by atoms with Crippen LogP contribution < -0.4 is 10.1 Å². The Morgan fingerprint density at radius 1 is 1.21 bits per heavy atom. The van der Waals surface area contributed by atoms with Gasteiger partial charge in [0.15, 0.2) is 0 Å². The van der Waals surface area contributed by atoms with Gasteiger partial charge in [-0.25, -0.2) is 9.97 Å². The van der Waals surface area contributed by atoms with Crippen LogP contribution in [0.25, 0.3) is 0 Å². The molecule has 0 aromatic carbocycles. The van der Waals surface area contributed by atoms with Crippen LogP contribution in [0.3, 0.4) is 0 Å². The Kier molecular flexibility index (Phi) is 7.18. The average Bonchev–Trinajstić information content (AvgIpc) is 2.42. The summed E-state index contributed by atoms with van der Waals surface area (Å²) in [5.41, 5.74) is 0.975. The van der Waals surface area contributed by atoms with Crippen LogP contribution in [0.2, 0.25) is 0 Å². The first kappa shape index (κ1) is 15.7. The van der Waals surface area contributed by atoms with Crippen molar-refractivity contribution >= 4 is 5.82 Å². The number of anilines is 1. The molecule has 5 nitrogen and oxygen atoms in total. The molecule has 0 amide bonds. The molecule has 0 unspecified atom stereocenters. The van der Waals surface area contributed by atoms with E-state index in [0.717, 1.165) is 37.6 Å². The fourth-order valence-electron chi connectivity index (χ4n) is 1.97. The summed E-state index contributed by atoms with van der Waals surface area (Å²) in [7, 11) is 0. The summed E-state index contributed by atoms with van der Waals surface area (Å²) in [5.74, 6) is 1.53. The van der Waals surface area contributed by atoms with E-state index in [4.69, 9.17) is 4.74 Å². The van der Waals surface area contributed by atoms with E-state index in [1.807, 2.05) is 13.8 Å². The second kappa shape index (κ2) is 8.69. The number of aromatic nitrogens is 2. The van der Waals surface area contributed by atoms with E-state index in [1.54, 1.807) is 6.33 Å². The topological polar surface area (TPSA) is 50.3 Å². The lowest BCUT2D eigenvalue weighted by Crippen LogP contribution is -2.29. The first-order valence-electron chi connectivity index (χ1n) is 7.13. The van der Waals surface area contributed by atoms with Crippen molar-refractivity contribution in [3.63, 3.8) is 0 Å². The number of likely N-dealkylation sites (N-methyl/N-ethyl adjacent to an activating group) is 1. The zero-order valence-electron chi connectivity index (χ0n) is 12.6. The molecule has 108 valence electrons. The Hall–Kier alpha value is -1.36. The predicted molar refractivity (Wildman–Crippen MR) is 78.8 cm³/mol. The molecule has 1 heterocycles. The molecule has 19 heavy (non-hydrogen) atoms. The molecule has 5 heteroatoms. The largest absolute Gasteiger partial charge is 0.478 e. The van der Waals surface area contributed by atoms with Gasteiger partial charge in [-0.15, -0.1) is 0 Å². The van der Waals surface area contributed by atoms with Crippen molar-refractivity contribution in [3.05, 3.63) is 11.9 Å². The highest BCUT2D eigenvalue weighted by Gasteiger charge is 2.07. The van der Waals surface area contributed by atoms with Crippen molar-refractivity contribution in [2.45, 2.75) is 34.1 Å². The SMILES string of the molecule is CCCN(CC)CCNc1ncnc(OCC)c1C. The van der Waals surface area contributed by atoms with E-state index in [-0.39, 0.29) is 0 Å². The van der Waals surface area contributed by atoms with E-state index in [0.29, 0.717) is 12.5 Å². The number of hydrogen-bond donors (Lipinski definition) is 1. The van der Waals surface area contributed by atoms with Crippen molar-refractivity contribution in [1.29, 1.82) is 0 Å². The number of ether oxygens (including phenoxy) is 1. The molecule has 1 rings (SSSR count). The first-order valence-corrected chi connectivity index (χ1v) is 7.13. The van der Waals surface area contributed by atoms with Crippen molar-refractivity contribution < 1.29 is 4.74 Å². The van der Waals surface area contributed by atoms with Crippen LogP contribution in [0, 0.1) is 6.92 Å². The maximum absolute atomic E-state index is 5.46. The fraction of sp³-hybridized carbons (Fsp3) is 0.714. The number of rotatable bonds is 9. The van der Waals surface area contributed by atoms with Crippen molar-refractivity contribution in [3.8, 4) is 5.88 Å². The van der Waals surface area contributed by atoms with Crippen LogP contribution in [0.1, 0.15) is 32.8 Å². The summed E-state index contributed by atoms with van der Waals surface area (Å²) in [6, 6.07) is 0. The standard InChI is InChI=1S/C14H26N4O/c1-5-9-18(6-2)10-8-15-13-12(4)14(19-7-3)17-11-16-13/h11H,5-10H2,1-4H3,(H,15,16,17). The summed E-state index contributed by atoms with van der Waals surface area (Å²) < 4.78 is 5.46. The molecule has 0 fully saturated rings. The molecule has 0 saturated carbocycles. The lowest BCUT2D eigenvalue weighted by Gasteiger charge is -2.20. The number of nitrogens with zero attached hydrogens (tertiary/aromatic N) is 3. The maximum atomic E-state index is 5.46. The van der Waals surface area contributed by atoms with E-state index < -0.39 is 0 Å². The monoisotopic (exact) mass is 266 g/mol. The Labute approximate surface area is 116 Å². The third kappa shape index (κ3) is 5.03. The van der Waals surface area contributed by atoms with Gasteiger partial charge in [0.1, 0.15) is 12.1 Å². The van der Waals surface area contributed by atoms with E-state index in [1.165, 1.54) is 6.42 Å². The summed E-state index contributed by atoms with van der Waals surface area (Å²) in [6.07, 6.45) is 2.73. The van der Waals surface area contributed by atoms with Crippen molar-refractivity contribution in [1.82, 2.24) is 14.9 Å². The van der Waals surface area contributed by atoms with Gasteiger partial charge in [0.2, 0.25) is 5.88 Å². The summed E-state index contributed by atoms with van der Waals surface area (Å²) in [4.78, 5) is 10.8. The normalized spacial score (nSPS) is 10.8. The van der Waals surface area contributed by atoms with Crippen LogP contribution in [0.5, 0.6) is 5.88 Å². The molecule has 0 aliphatic carbocycles. The van der Waals surface area contributed by atoms with Gasteiger partial charge in [0.25, 0.3) is 0 Å². The molecule has 0 saturated heterocycles. The van der Waals surface area contributed by atoms with Gasteiger partial charge >= 0.3 is 0 Å². The zero-order chi connectivity index (χ0) is 14.1. The van der Waals surface area contributed by atoms with E-state index >= 15 is 0 Å². The molecule has 0 aliphatic rings. The number of nitrogens with one attached hydrogen (secondary N) is 1. The molecular formula is C14H26N4O. The summed E-state index contributed by atoms with van der Waals surface area (Å²) in [5, 5.41) is 3.36. The lowest BCUT2D eigenvalue weighted by atomic mass is 10.3. The van der Waals surface area contributed by atoms with Gasteiger partial charge in [-0.05, 0) is 33.4 Å². The number of hydrogen-bond acceptors (Lipinski definition) is 5. The molecule has 0 atom stereocenters. The average molecular weight is 266 g/mol. The Balaban J connectivity index is 2.51. The van der Waals surface area contributed by atoms with Gasteiger partial charge in [-0.1, -0.05) is 13.8 Å². The van der Waals surface area contributed by atoms with Gasteiger partial charge < -0.3 is 15.0 Å². The second-order valence-electron chi connectivity index (χ2n) is 4.45. The summed E-state index contributed by atoms with van der Waals surface area (Å²) in [6.45, 7) is 13.1. The minimum atomic E-state index is 0.622. The van der Waals surface area contributed by atoms with Gasteiger partial charge in [0, 0.05) is 13.1 Å². The fourth-order valence-corrected chi connectivity index (χ4v) is 1.97. The Morgan fingerprint density at radius 3 is 2.63 bits per heavy atom. The highest BCUT2D eigenvalue weighted by atomic mass is 16.5. The third-order valence-corrected chi connectivity index (χ3v) is 3.03. The smallest absolute Gasteiger partial charge is 0.221 e. The van der Waals surface area contributed by atoms with Crippen LogP contribution in [0.15, 0.2) is 6.33 Å². The van der Waals surface area contributed by atoms with Gasteiger partial charge in [0.05, 0.1) is 12.2 Å². The molecule has 0 spiro atoms. The second-order valence-corrected chi connectivity index (χ2v) is 4.45. The van der Waals surface area contributed by atoms with Gasteiger partial charge in [-0.3, -0.25) is 0 Å². The van der Waals surface area contributed by atoms with Gasteiger partial charge in [-0.2, -0.15) is 0 Å². The van der Waals surface area contributed by atoms with Crippen LogP contribution in [-0.2, 0) is 0 Å². The minimum Gasteiger partial charge on any atom is -0.478 e. The van der Waals surface area contributed by atoms with Crippen LogP contribution in [-0.4, -0.2) is 47.7 Å². The van der Waals surface area contributed by atoms with Crippen molar-refractivity contribution in [2.75, 3.05) is 38.1 Å². The lowest BCUT2D eigenvalue weighted by molar-refractivity contribution is 0.299. The Bertz CT molecular complexity index is 370. The quantitative estimate of drug-likeness (QED) is 0.743. The van der Waals surface area contributed by atoms with Crippen LogP contribution >= 0.6 is 0 Å².